The molecule has 0 aliphatic carbocycles. The molecule has 1 rings (SSSR count). The summed E-state index contributed by atoms with van der Waals surface area (Å²) in [4.78, 5) is 0.262. The van der Waals surface area contributed by atoms with Gasteiger partial charge in [-0.05, 0) is 38.0 Å². The molecule has 0 bridgehead atoms. The molecule has 0 aliphatic heterocycles. The van der Waals surface area contributed by atoms with Crippen molar-refractivity contribution in [3.63, 3.8) is 0 Å². The van der Waals surface area contributed by atoms with E-state index in [-0.39, 0.29) is 11.4 Å². The predicted octanol–water partition coefficient (Wildman–Crippen LogP) is 1.04. The second kappa shape index (κ2) is 5.43. The van der Waals surface area contributed by atoms with E-state index in [1.54, 1.807) is 25.1 Å². The van der Waals surface area contributed by atoms with Crippen LogP contribution in [0, 0.1) is 6.92 Å². The summed E-state index contributed by atoms with van der Waals surface area (Å²) in [5, 5.41) is 9.03. The first kappa shape index (κ1) is 13.2. The highest BCUT2D eigenvalue weighted by molar-refractivity contribution is 7.89. The van der Waals surface area contributed by atoms with Crippen LogP contribution >= 0.6 is 0 Å². The lowest BCUT2D eigenvalue weighted by Crippen LogP contribution is -2.26. The lowest BCUT2D eigenvalue weighted by atomic mass is 10.2. The fourth-order valence-electron chi connectivity index (χ4n) is 1.27. The maximum Gasteiger partial charge on any atom is 0.240 e. The van der Waals surface area contributed by atoms with Gasteiger partial charge in [-0.15, -0.1) is 0 Å². The highest BCUT2D eigenvalue weighted by Crippen LogP contribution is 2.10. The Morgan fingerprint density at radius 1 is 1.44 bits per heavy atom. The lowest BCUT2D eigenvalue weighted by Gasteiger charge is -2.08. The topological polar surface area (TPSA) is 66.4 Å². The number of nitrogens with one attached hydrogen (secondary N) is 1. The molecular weight excluding hydrogens is 226 g/mol. The zero-order valence-electron chi connectivity index (χ0n) is 9.47. The number of hydrogen-bond acceptors (Lipinski definition) is 3. The van der Waals surface area contributed by atoms with Crippen molar-refractivity contribution in [1.29, 1.82) is 0 Å². The number of sulfonamides is 1. The number of aryl methyl sites for hydroxylation is 1. The van der Waals surface area contributed by atoms with Gasteiger partial charge in [-0.3, -0.25) is 0 Å². The lowest BCUT2D eigenvalue weighted by molar-refractivity contribution is 0.186. The molecule has 0 saturated carbocycles. The summed E-state index contributed by atoms with van der Waals surface area (Å²) in [6, 6.07) is 6.72. The Balaban J connectivity index is 2.71. The van der Waals surface area contributed by atoms with E-state index in [0.29, 0.717) is 6.42 Å². The van der Waals surface area contributed by atoms with E-state index in [2.05, 4.69) is 4.72 Å². The molecule has 90 valence electrons. The van der Waals surface area contributed by atoms with Crippen LogP contribution in [-0.4, -0.2) is 26.2 Å². The van der Waals surface area contributed by atoms with Crippen molar-refractivity contribution in [3.05, 3.63) is 29.8 Å². The summed E-state index contributed by atoms with van der Waals surface area (Å²) < 4.78 is 26.0. The Kier molecular flexibility index (Phi) is 4.46. The molecule has 0 radical (unpaired) electrons. The zero-order chi connectivity index (χ0) is 12.2. The van der Waals surface area contributed by atoms with E-state index in [4.69, 9.17) is 5.11 Å². The van der Waals surface area contributed by atoms with E-state index >= 15 is 0 Å². The van der Waals surface area contributed by atoms with Gasteiger partial charge in [0.25, 0.3) is 0 Å². The largest absolute Gasteiger partial charge is 0.393 e. The third-order valence-electron chi connectivity index (χ3n) is 2.15. The molecule has 0 saturated heterocycles. The minimum Gasteiger partial charge on any atom is -0.393 e. The molecule has 0 spiro atoms. The molecule has 0 aliphatic rings. The van der Waals surface area contributed by atoms with Gasteiger partial charge in [0.15, 0.2) is 0 Å². The molecule has 1 unspecified atom stereocenters. The monoisotopic (exact) mass is 243 g/mol. The van der Waals surface area contributed by atoms with Crippen LogP contribution < -0.4 is 4.72 Å². The maximum absolute atomic E-state index is 11.8. The van der Waals surface area contributed by atoms with Gasteiger partial charge in [-0.25, -0.2) is 13.1 Å². The van der Waals surface area contributed by atoms with Crippen molar-refractivity contribution in [2.45, 2.75) is 31.3 Å². The Bertz CT molecular complexity index is 440. The highest BCUT2D eigenvalue weighted by atomic mass is 32.2. The number of hydrogen-bond donors (Lipinski definition) is 2. The molecule has 1 aromatic rings. The van der Waals surface area contributed by atoms with E-state index in [1.165, 1.54) is 0 Å². The molecule has 0 fully saturated rings. The number of aliphatic hydroxyl groups is 1. The van der Waals surface area contributed by atoms with E-state index in [0.717, 1.165) is 5.56 Å². The van der Waals surface area contributed by atoms with Crippen molar-refractivity contribution in [3.8, 4) is 0 Å². The van der Waals surface area contributed by atoms with E-state index in [9.17, 15) is 8.42 Å². The van der Waals surface area contributed by atoms with E-state index in [1.807, 2.05) is 13.0 Å². The highest BCUT2D eigenvalue weighted by Gasteiger charge is 2.13. The van der Waals surface area contributed by atoms with Crippen LogP contribution in [0.5, 0.6) is 0 Å². The van der Waals surface area contributed by atoms with Gasteiger partial charge in [0.05, 0.1) is 11.0 Å². The zero-order valence-corrected chi connectivity index (χ0v) is 10.3. The summed E-state index contributed by atoms with van der Waals surface area (Å²) in [5.41, 5.74) is 0.901. The third-order valence-corrected chi connectivity index (χ3v) is 3.61. The van der Waals surface area contributed by atoms with Crippen molar-refractivity contribution in [1.82, 2.24) is 4.72 Å². The first-order valence-corrected chi connectivity index (χ1v) is 6.64. The van der Waals surface area contributed by atoms with Gasteiger partial charge >= 0.3 is 0 Å². The summed E-state index contributed by atoms with van der Waals surface area (Å²) in [5.74, 6) is 0. The van der Waals surface area contributed by atoms with Crippen LogP contribution in [0.15, 0.2) is 29.2 Å². The number of aliphatic hydroxyl groups excluding tert-OH is 1. The van der Waals surface area contributed by atoms with Crippen molar-refractivity contribution in [2.24, 2.45) is 0 Å². The molecule has 1 aromatic carbocycles. The van der Waals surface area contributed by atoms with Crippen LogP contribution in [0.25, 0.3) is 0 Å². The second-order valence-electron chi connectivity index (χ2n) is 3.85. The SMILES string of the molecule is Cc1cccc(S(=O)(=O)NCCC(C)O)c1. The molecule has 1 atom stereocenters. The van der Waals surface area contributed by atoms with Gasteiger partial charge in [-0.2, -0.15) is 0 Å². The van der Waals surface area contributed by atoms with Crippen molar-refractivity contribution in [2.75, 3.05) is 6.54 Å². The molecule has 2 N–H and O–H groups in total. The molecule has 5 heteroatoms. The smallest absolute Gasteiger partial charge is 0.240 e. The summed E-state index contributed by atoms with van der Waals surface area (Å²) in [6.45, 7) is 3.71. The third kappa shape index (κ3) is 3.92. The number of benzene rings is 1. The average molecular weight is 243 g/mol. The second-order valence-corrected chi connectivity index (χ2v) is 5.62. The van der Waals surface area contributed by atoms with Gasteiger partial charge in [0.2, 0.25) is 10.0 Å². The normalized spacial score (nSPS) is 13.7. The molecule has 4 nitrogen and oxygen atoms in total. The maximum atomic E-state index is 11.8. The van der Waals surface area contributed by atoms with Crippen LogP contribution in [0.2, 0.25) is 0 Å². The van der Waals surface area contributed by atoms with Crippen molar-refractivity contribution < 1.29 is 13.5 Å². The Morgan fingerprint density at radius 2 is 2.12 bits per heavy atom. The van der Waals surface area contributed by atoms with E-state index < -0.39 is 16.1 Å². The van der Waals surface area contributed by atoms with Crippen LogP contribution in [0.3, 0.4) is 0 Å². The molecule has 0 heterocycles. The summed E-state index contributed by atoms with van der Waals surface area (Å²) in [7, 11) is -3.44. The van der Waals surface area contributed by atoms with Gasteiger partial charge in [0, 0.05) is 6.54 Å². The molecule has 0 amide bonds. The van der Waals surface area contributed by atoms with Crippen LogP contribution in [-0.2, 0) is 10.0 Å². The minimum atomic E-state index is -3.44. The predicted molar refractivity (Wildman–Crippen MR) is 62.7 cm³/mol. The van der Waals surface area contributed by atoms with Crippen LogP contribution in [0.1, 0.15) is 18.9 Å². The molecule has 0 aromatic heterocycles. The first-order valence-electron chi connectivity index (χ1n) is 5.16. The standard InChI is InChI=1S/C11H17NO3S/c1-9-4-3-5-11(8-9)16(14,15)12-7-6-10(2)13/h3-5,8,10,12-13H,6-7H2,1-2H3. The Hall–Kier alpha value is -0.910. The number of rotatable bonds is 5. The molecular formula is C11H17NO3S. The molecule has 16 heavy (non-hydrogen) atoms. The first-order chi connectivity index (χ1) is 7.42. The summed E-state index contributed by atoms with van der Waals surface area (Å²) in [6.07, 6.45) is -0.0920. The van der Waals surface area contributed by atoms with Crippen molar-refractivity contribution >= 4 is 10.0 Å². The Morgan fingerprint density at radius 3 is 2.69 bits per heavy atom. The van der Waals surface area contributed by atoms with Gasteiger partial charge < -0.3 is 5.11 Å². The Labute approximate surface area is 96.4 Å². The fraction of sp³-hybridized carbons (Fsp3) is 0.455. The van der Waals surface area contributed by atoms with Gasteiger partial charge in [-0.1, -0.05) is 12.1 Å². The van der Waals surface area contributed by atoms with Crippen LogP contribution in [0.4, 0.5) is 0 Å². The summed E-state index contributed by atoms with van der Waals surface area (Å²) >= 11 is 0. The quantitative estimate of drug-likeness (QED) is 0.812. The minimum absolute atomic E-state index is 0.244. The fourth-order valence-corrected chi connectivity index (χ4v) is 2.42. The average Bonchev–Trinajstić information content (AvgIpc) is 2.16. The van der Waals surface area contributed by atoms with Gasteiger partial charge in [0.1, 0.15) is 0 Å².